The highest BCUT2D eigenvalue weighted by atomic mass is 16.5. The third-order valence-electron chi connectivity index (χ3n) is 5.36. The molecule has 2 aromatic rings. The number of methoxy groups -OCH3 is 1. The summed E-state index contributed by atoms with van der Waals surface area (Å²) in [6.45, 7) is 6.26. The third kappa shape index (κ3) is 6.48. The highest BCUT2D eigenvalue weighted by Gasteiger charge is 2.18. The zero-order valence-corrected chi connectivity index (χ0v) is 18.6. The molecular formula is C25H32N2O4. The molecular weight excluding hydrogens is 392 g/mol. The number of piperidine rings is 1. The fourth-order valence-corrected chi connectivity index (χ4v) is 3.53. The van der Waals surface area contributed by atoms with Gasteiger partial charge < -0.3 is 19.7 Å². The highest BCUT2D eigenvalue weighted by Crippen LogP contribution is 2.29. The molecule has 0 aliphatic carbocycles. The summed E-state index contributed by atoms with van der Waals surface area (Å²) in [5.41, 5.74) is 2.19. The van der Waals surface area contributed by atoms with Gasteiger partial charge in [-0.05, 0) is 61.1 Å². The van der Waals surface area contributed by atoms with Crippen LogP contribution in [0.2, 0.25) is 0 Å². The van der Waals surface area contributed by atoms with Crippen molar-refractivity contribution in [2.75, 3.05) is 25.6 Å². The molecule has 0 radical (unpaired) electrons. The van der Waals surface area contributed by atoms with Gasteiger partial charge in [-0.2, -0.15) is 0 Å². The fourth-order valence-electron chi connectivity index (χ4n) is 3.53. The molecule has 1 heterocycles. The summed E-state index contributed by atoms with van der Waals surface area (Å²) >= 11 is 0. The van der Waals surface area contributed by atoms with Crippen LogP contribution >= 0.6 is 0 Å². The molecule has 6 heteroatoms. The van der Waals surface area contributed by atoms with Crippen LogP contribution in [0.25, 0.3) is 0 Å². The third-order valence-corrected chi connectivity index (χ3v) is 5.36. The van der Waals surface area contributed by atoms with Crippen LogP contribution in [-0.4, -0.2) is 37.0 Å². The molecule has 2 amide bonds. The van der Waals surface area contributed by atoms with Crippen molar-refractivity contribution in [2.45, 2.75) is 46.1 Å². The summed E-state index contributed by atoms with van der Waals surface area (Å²) in [4.78, 5) is 26.7. The van der Waals surface area contributed by atoms with Gasteiger partial charge in [-0.1, -0.05) is 26.0 Å². The molecule has 1 aliphatic rings. The number of nitrogens with one attached hydrogen (secondary N) is 1. The van der Waals surface area contributed by atoms with Crippen LogP contribution in [0.1, 0.15) is 55.5 Å². The largest absolute Gasteiger partial charge is 0.493 e. The molecule has 1 aliphatic heterocycles. The summed E-state index contributed by atoms with van der Waals surface area (Å²) in [6, 6.07) is 12.8. The van der Waals surface area contributed by atoms with Gasteiger partial charge in [0.2, 0.25) is 5.91 Å². The van der Waals surface area contributed by atoms with Crippen molar-refractivity contribution in [1.29, 1.82) is 0 Å². The Morgan fingerprint density at radius 2 is 1.97 bits per heavy atom. The van der Waals surface area contributed by atoms with E-state index in [0.29, 0.717) is 48.2 Å². The molecule has 6 nitrogen and oxygen atoms in total. The molecule has 0 spiro atoms. The van der Waals surface area contributed by atoms with Crippen LogP contribution < -0.4 is 14.8 Å². The summed E-state index contributed by atoms with van der Waals surface area (Å²) in [7, 11) is 1.57. The Labute approximate surface area is 184 Å². The van der Waals surface area contributed by atoms with Gasteiger partial charge in [-0.15, -0.1) is 0 Å². The number of hydrogen-bond acceptors (Lipinski definition) is 4. The zero-order chi connectivity index (χ0) is 22.2. The van der Waals surface area contributed by atoms with Crippen molar-refractivity contribution in [3.63, 3.8) is 0 Å². The van der Waals surface area contributed by atoms with E-state index in [2.05, 4.69) is 19.2 Å². The molecule has 31 heavy (non-hydrogen) atoms. The minimum Gasteiger partial charge on any atom is -0.493 e. The Hall–Kier alpha value is -3.02. The van der Waals surface area contributed by atoms with Crippen molar-refractivity contribution < 1.29 is 19.1 Å². The van der Waals surface area contributed by atoms with Gasteiger partial charge in [-0.3, -0.25) is 9.59 Å². The predicted molar refractivity (Wildman–Crippen MR) is 122 cm³/mol. The number of nitrogens with zero attached hydrogens (tertiary/aromatic N) is 1. The second kappa shape index (κ2) is 10.8. The molecule has 1 saturated heterocycles. The lowest BCUT2D eigenvalue weighted by Crippen LogP contribution is -2.34. The van der Waals surface area contributed by atoms with E-state index in [1.54, 1.807) is 25.3 Å². The maximum atomic E-state index is 12.8. The average molecular weight is 425 g/mol. The average Bonchev–Trinajstić information content (AvgIpc) is 2.75. The van der Waals surface area contributed by atoms with E-state index >= 15 is 0 Å². The summed E-state index contributed by atoms with van der Waals surface area (Å²) in [6.07, 6.45) is 3.58. The quantitative estimate of drug-likeness (QED) is 0.623. The van der Waals surface area contributed by atoms with Crippen molar-refractivity contribution in [1.82, 2.24) is 4.90 Å². The van der Waals surface area contributed by atoms with Crippen molar-refractivity contribution >= 4 is 17.5 Å². The lowest BCUT2D eigenvalue weighted by atomic mass is 10.1. The SMILES string of the molecule is COc1cc(C(=O)Nc2cccc(CN3CCCCC3=O)c2)ccc1OCCC(C)C. The molecule has 1 N–H and O–H groups in total. The highest BCUT2D eigenvalue weighted by molar-refractivity contribution is 6.04. The molecule has 1 fully saturated rings. The van der Waals surface area contributed by atoms with E-state index < -0.39 is 0 Å². The van der Waals surface area contributed by atoms with E-state index in [0.717, 1.165) is 31.4 Å². The normalized spacial score (nSPS) is 13.9. The molecule has 0 unspecified atom stereocenters. The number of amides is 2. The minimum atomic E-state index is -0.224. The first-order chi connectivity index (χ1) is 15.0. The van der Waals surface area contributed by atoms with Gasteiger partial charge in [0.05, 0.1) is 13.7 Å². The van der Waals surface area contributed by atoms with E-state index in [4.69, 9.17) is 9.47 Å². The number of carbonyl (C=O) groups is 2. The number of benzene rings is 2. The number of likely N-dealkylation sites (tertiary alicyclic amines) is 1. The minimum absolute atomic E-state index is 0.198. The predicted octanol–water partition coefficient (Wildman–Crippen LogP) is 4.88. The number of rotatable bonds is 9. The summed E-state index contributed by atoms with van der Waals surface area (Å²) < 4.78 is 11.2. The van der Waals surface area contributed by atoms with E-state index in [9.17, 15) is 9.59 Å². The smallest absolute Gasteiger partial charge is 0.255 e. The lowest BCUT2D eigenvalue weighted by Gasteiger charge is -2.26. The maximum Gasteiger partial charge on any atom is 0.255 e. The van der Waals surface area contributed by atoms with Gasteiger partial charge >= 0.3 is 0 Å². The van der Waals surface area contributed by atoms with E-state index in [1.807, 2.05) is 29.2 Å². The van der Waals surface area contributed by atoms with Gasteiger partial charge in [-0.25, -0.2) is 0 Å². The first-order valence-corrected chi connectivity index (χ1v) is 10.9. The lowest BCUT2D eigenvalue weighted by molar-refractivity contribution is -0.133. The van der Waals surface area contributed by atoms with E-state index in [1.165, 1.54) is 0 Å². The Balaban J connectivity index is 1.64. The zero-order valence-electron chi connectivity index (χ0n) is 18.6. The fraction of sp³-hybridized carbons (Fsp3) is 0.440. The van der Waals surface area contributed by atoms with Crippen molar-refractivity contribution in [3.05, 3.63) is 53.6 Å². The summed E-state index contributed by atoms with van der Waals surface area (Å²) in [5.74, 6) is 1.70. The molecule has 166 valence electrons. The number of hydrogen-bond donors (Lipinski definition) is 1. The van der Waals surface area contributed by atoms with Gasteiger partial charge in [0.1, 0.15) is 0 Å². The van der Waals surface area contributed by atoms with Crippen LogP contribution in [0, 0.1) is 5.92 Å². The number of ether oxygens (including phenoxy) is 2. The number of anilines is 1. The topological polar surface area (TPSA) is 67.9 Å². The first-order valence-electron chi connectivity index (χ1n) is 10.9. The standard InChI is InChI=1S/C25H32N2O4/c1-18(2)12-14-31-22-11-10-20(16-23(22)30-3)25(29)26-21-8-6-7-19(15-21)17-27-13-5-4-9-24(27)28/h6-8,10-11,15-16,18H,4-5,9,12-14,17H2,1-3H3,(H,26,29). The monoisotopic (exact) mass is 424 g/mol. The Bertz CT molecular complexity index is 910. The van der Waals surface area contributed by atoms with Gasteiger partial charge in [0.15, 0.2) is 11.5 Å². The molecule has 0 aromatic heterocycles. The van der Waals surface area contributed by atoms with Gasteiger partial charge in [0.25, 0.3) is 5.91 Å². The Morgan fingerprint density at radius 1 is 1.13 bits per heavy atom. The van der Waals surface area contributed by atoms with Crippen LogP contribution in [0.3, 0.4) is 0 Å². The van der Waals surface area contributed by atoms with Crippen molar-refractivity contribution in [3.8, 4) is 11.5 Å². The molecule has 0 saturated carbocycles. The molecule has 2 aromatic carbocycles. The molecule has 0 bridgehead atoms. The van der Waals surface area contributed by atoms with E-state index in [-0.39, 0.29) is 11.8 Å². The number of carbonyl (C=O) groups excluding carboxylic acids is 2. The van der Waals surface area contributed by atoms with Gasteiger partial charge in [0, 0.05) is 30.8 Å². The van der Waals surface area contributed by atoms with Crippen LogP contribution in [0.4, 0.5) is 5.69 Å². The summed E-state index contributed by atoms with van der Waals surface area (Å²) in [5, 5.41) is 2.94. The maximum absolute atomic E-state index is 12.8. The second-order valence-electron chi connectivity index (χ2n) is 8.32. The van der Waals surface area contributed by atoms with Crippen molar-refractivity contribution in [2.24, 2.45) is 5.92 Å². The first kappa shape index (κ1) is 22.7. The Morgan fingerprint density at radius 3 is 2.71 bits per heavy atom. The molecule has 3 rings (SSSR count). The van der Waals surface area contributed by atoms with Crippen LogP contribution in [0.15, 0.2) is 42.5 Å². The van der Waals surface area contributed by atoms with Crippen LogP contribution in [-0.2, 0) is 11.3 Å². The van der Waals surface area contributed by atoms with Crippen LogP contribution in [0.5, 0.6) is 11.5 Å². The molecule has 0 atom stereocenters. The second-order valence-corrected chi connectivity index (χ2v) is 8.32. The Kier molecular flexibility index (Phi) is 7.93.